The maximum Gasteiger partial charge on any atom is 0.422 e. The van der Waals surface area contributed by atoms with E-state index in [2.05, 4.69) is 0 Å². The van der Waals surface area contributed by atoms with Crippen molar-refractivity contribution in [3.05, 3.63) is 118 Å². The number of ether oxygens (including phenoxy) is 6. The van der Waals surface area contributed by atoms with Gasteiger partial charge in [-0.15, -0.1) is 0 Å². The first-order valence-electron chi connectivity index (χ1n) is 27.0. The minimum Gasteiger partial charge on any atom is -0.450 e. The van der Waals surface area contributed by atoms with Crippen molar-refractivity contribution < 1.29 is 66.8 Å². The van der Waals surface area contributed by atoms with E-state index in [-0.39, 0.29) is 56.1 Å². The molecule has 432 valence electrons. The van der Waals surface area contributed by atoms with Crippen LogP contribution in [0.3, 0.4) is 0 Å². The van der Waals surface area contributed by atoms with Crippen LogP contribution in [-0.2, 0) is 28.5 Å². The Hall–Kier alpha value is -8.94. The quantitative estimate of drug-likeness (QED) is 0.0728. The van der Waals surface area contributed by atoms with Crippen LogP contribution in [0.1, 0.15) is 154 Å². The number of rotatable bonds is 14. The first-order valence-corrected chi connectivity index (χ1v) is 27.0. The van der Waals surface area contributed by atoms with Gasteiger partial charge in [0.05, 0.1) is 11.4 Å². The first kappa shape index (κ1) is 60.7. The lowest BCUT2D eigenvalue weighted by Gasteiger charge is -2.33. The van der Waals surface area contributed by atoms with Crippen LogP contribution < -0.4 is 39.8 Å². The SMILES string of the molecule is CCC(C)(C)OC(=O)N(C(=O)c1ccccc1)c1cc2c(cc1C)N=c1c(c(N(C(C)=O)C(=O)OC(C)(C)CC)c3c(c1N(C(C)=O)C(=O)OC(C)(C)CC)Oc1cc(N(C(=O)OC(C)(C)CC)C(=O)c4ccccc4)c(C)cc1N=3)O2. The minimum atomic E-state index is -1.19. The van der Waals surface area contributed by atoms with Gasteiger partial charge in [0.1, 0.15) is 55.9 Å². The minimum absolute atomic E-state index is 0.00122. The Labute approximate surface area is 476 Å². The maximum atomic E-state index is 14.8. The van der Waals surface area contributed by atoms with Crippen LogP contribution in [0.5, 0.6) is 23.0 Å². The highest BCUT2D eigenvalue weighted by Gasteiger charge is 2.43. The van der Waals surface area contributed by atoms with Crippen molar-refractivity contribution in [3.8, 4) is 23.0 Å². The lowest BCUT2D eigenvalue weighted by atomic mass is 10.1. The summed E-state index contributed by atoms with van der Waals surface area (Å²) in [7, 11) is 0. The van der Waals surface area contributed by atoms with E-state index in [1.54, 1.807) is 119 Å². The molecule has 0 N–H and O–H groups in total. The summed E-state index contributed by atoms with van der Waals surface area (Å²) in [5, 5.41) is -0.718. The van der Waals surface area contributed by atoms with Gasteiger partial charge >= 0.3 is 24.4 Å². The zero-order valence-corrected chi connectivity index (χ0v) is 49.3. The predicted molar refractivity (Wildman–Crippen MR) is 307 cm³/mol. The van der Waals surface area contributed by atoms with Gasteiger partial charge in [-0.2, -0.15) is 0 Å². The molecule has 2 heterocycles. The molecule has 2 aliphatic rings. The van der Waals surface area contributed by atoms with Crippen LogP contribution in [0.4, 0.5) is 53.3 Å². The van der Waals surface area contributed by atoms with E-state index >= 15 is 0 Å². The molecule has 2 aliphatic heterocycles. The molecule has 0 atom stereocenters. The fourth-order valence-corrected chi connectivity index (χ4v) is 8.25. The molecule has 8 amide bonds. The van der Waals surface area contributed by atoms with E-state index in [9.17, 15) is 38.4 Å². The molecule has 0 fully saturated rings. The third-order valence-corrected chi connectivity index (χ3v) is 14.3. The zero-order chi connectivity index (χ0) is 60.6. The smallest absolute Gasteiger partial charge is 0.422 e. The molecule has 0 bridgehead atoms. The summed E-state index contributed by atoms with van der Waals surface area (Å²) < 4.78 is 37.5. The Bertz CT molecular complexity index is 3320. The van der Waals surface area contributed by atoms with Gasteiger partial charge in [-0.3, -0.25) is 19.2 Å². The Morgan fingerprint density at radius 1 is 0.439 bits per heavy atom. The largest absolute Gasteiger partial charge is 0.450 e. The zero-order valence-electron chi connectivity index (χ0n) is 49.3. The lowest BCUT2D eigenvalue weighted by molar-refractivity contribution is -0.117. The average molecular weight is 1120 g/mol. The van der Waals surface area contributed by atoms with Gasteiger partial charge in [0, 0.05) is 37.1 Å². The third-order valence-electron chi connectivity index (χ3n) is 14.3. The van der Waals surface area contributed by atoms with Crippen LogP contribution in [-0.4, -0.2) is 70.4 Å². The number of carbonyl (C=O) groups excluding carboxylic acids is 8. The molecular weight excluding hydrogens is 1050 g/mol. The molecule has 0 spiro atoms. The third kappa shape index (κ3) is 12.5. The highest BCUT2D eigenvalue weighted by Crippen LogP contribution is 2.49. The number of amides is 8. The number of benzene rings is 5. The number of hydrogen-bond donors (Lipinski definition) is 0. The van der Waals surface area contributed by atoms with Gasteiger partial charge in [0.2, 0.25) is 11.8 Å². The maximum absolute atomic E-state index is 14.8. The van der Waals surface area contributed by atoms with Crippen molar-refractivity contribution in [1.82, 2.24) is 0 Å². The standard InChI is InChI=1S/C62H70N6O14/c1-17-59(9,10)79-55(73)65(37(7)69)49-47-52(78-46-34-44(35(5)31-41(46)63-47)68(58(76)82-62(15,16)20-4)54(72)40-29-25-22-26-30-40)50(66(38(8)70)56(74)80-60(11,12)18-2)48-51(49)77-45-33-43(36(6)32-42(45)64-48)67(57(75)81-61(13,14)19-3)53(71)39-27-23-21-24-28-39/h21-34H,17-20H2,1-16H3. The van der Waals surface area contributed by atoms with Crippen LogP contribution in [0.25, 0.3) is 0 Å². The lowest BCUT2D eigenvalue weighted by Crippen LogP contribution is -2.47. The summed E-state index contributed by atoms with van der Waals surface area (Å²) in [5.41, 5.74) is -4.29. The van der Waals surface area contributed by atoms with E-state index in [1.807, 2.05) is 13.8 Å². The van der Waals surface area contributed by atoms with Gasteiger partial charge in [0.25, 0.3) is 11.8 Å². The topological polar surface area (TPSA) is 230 Å². The second-order valence-corrected chi connectivity index (χ2v) is 22.3. The Balaban J connectivity index is 1.61. The fourth-order valence-electron chi connectivity index (χ4n) is 8.25. The fraction of sp³-hybridized carbons (Fsp3) is 0.387. The van der Waals surface area contributed by atoms with Crippen molar-refractivity contribution in [3.63, 3.8) is 0 Å². The molecule has 0 aromatic heterocycles. The number of hydrogen-bond acceptors (Lipinski definition) is 16. The predicted octanol–water partition coefficient (Wildman–Crippen LogP) is 13.7. The average Bonchev–Trinajstić information content (AvgIpc) is 3.44. The molecule has 0 saturated carbocycles. The van der Waals surface area contributed by atoms with Crippen molar-refractivity contribution >= 4 is 82.1 Å². The molecule has 5 aromatic carbocycles. The number of imide groups is 4. The number of nitrogens with zero attached hydrogens (tertiary/aromatic N) is 6. The van der Waals surface area contributed by atoms with E-state index in [0.717, 1.165) is 23.6 Å². The molecular formula is C62H70N6O14. The molecule has 82 heavy (non-hydrogen) atoms. The molecule has 0 saturated heterocycles. The summed E-state index contributed by atoms with van der Waals surface area (Å²) in [5.74, 6) is -4.48. The van der Waals surface area contributed by atoms with Gasteiger partial charge in [-0.25, -0.2) is 48.8 Å². The second kappa shape index (κ2) is 23.3. The number of aryl methyl sites for hydroxylation is 2. The summed E-state index contributed by atoms with van der Waals surface area (Å²) in [4.78, 5) is 129. The van der Waals surface area contributed by atoms with Crippen LogP contribution >= 0.6 is 0 Å². The Morgan fingerprint density at radius 2 is 0.720 bits per heavy atom. The molecule has 7 rings (SSSR count). The molecule has 0 unspecified atom stereocenters. The van der Waals surface area contributed by atoms with E-state index in [4.69, 9.17) is 38.4 Å². The highest BCUT2D eigenvalue weighted by atomic mass is 16.6. The van der Waals surface area contributed by atoms with Crippen molar-refractivity contribution in [2.45, 2.75) is 159 Å². The Kier molecular flexibility index (Phi) is 17.2. The van der Waals surface area contributed by atoms with Crippen LogP contribution in [0, 0.1) is 13.8 Å². The monoisotopic (exact) mass is 1120 g/mol. The summed E-state index contributed by atoms with van der Waals surface area (Å²) in [6.45, 7) is 26.0. The van der Waals surface area contributed by atoms with Crippen LogP contribution in [0.15, 0.2) is 94.9 Å². The summed E-state index contributed by atoms with van der Waals surface area (Å²) in [6, 6.07) is 21.9. The molecule has 20 heteroatoms. The summed E-state index contributed by atoms with van der Waals surface area (Å²) in [6.07, 6.45) is -3.01. The second-order valence-electron chi connectivity index (χ2n) is 22.3. The number of carbonyl (C=O) groups is 8. The number of anilines is 4. The van der Waals surface area contributed by atoms with Gasteiger partial charge in [0.15, 0.2) is 23.0 Å². The molecule has 0 aliphatic carbocycles. The highest BCUT2D eigenvalue weighted by molar-refractivity contribution is 6.21. The van der Waals surface area contributed by atoms with Crippen molar-refractivity contribution in [1.29, 1.82) is 0 Å². The van der Waals surface area contributed by atoms with Gasteiger partial charge in [-0.05, 0) is 142 Å². The van der Waals surface area contributed by atoms with Gasteiger partial charge in [-0.1, -0.05) is 64.1 Å². The Morgan fingerprint density at radius 3 is 0.988 bits per heavy atom. The van der Waals surface area contributed by atoms with Gasteiger partial charge < -0.3 is 28.4 Å². The van der Waals surface area contributed by atoms with Crippen molar-refractivity contribution in [2.75, 3.05) is 19.6 Å². The number of fused-ring (bicyclic) bond motifs is 4. The first-order chi connectivity index (χ1) is 38.4. The van der Waals surface area contributed by atoms with Crippen molar-refractivity contribution in [2.24, 2.45) is 9.98 Å². The van der Waals surface area contributed by atoms with E-state index in [0.29, 0.717) is 46.6 Å². The summed E-state index contributed by atoms with van der Waals surface area (Å²) >= 11 is 0. The van der Waals surface area contributed by atoms with E-state index < -0.39 is 93.3 Å². The normalized spacial score (nSPS) is 12.4. The molecule has 5 aromatic rings. The molecule has 0 radical (unpaired) electrons. The molecule has 20 nitrogen and oxygen atoms in total. The van der Waals surface area contributed by atoms with E-state index in [1.165, 1.54) is 48.5 Å². The van der Waals surface area contributed by atoms with Crippen LogP contribution in [0.2, 0.25) is 0 Å².